The fourth-order valence-electron chi connectivity index (χ4n) is 4.58. The molecule has 1 unspecified atom stereocenters. The number of aryl methyl sites for hydroxylation is 2. The van der Waals surface area contributed by atoms with Crippen LogP contribution in [0, 0.1) is 13.8 Å². The maximum Gasteiger partial charge on any atom is 0.161 e. The fraction of sp³-hybridized carbons (Fsp3) is 0.464. The van der Waals surface area contributed by atoms with E-state index in [0.29, 0.717) is 19.6 Å². The van der Waals surface area contributed by atoms with Crippen LogP contribution in [0.15, 0.2) is 55.1 Å². The van der Waals surface area contributed by atoms with Crippen molar-refractivity contribution in [3.05, 3.63) is 71.8 Å². The van der Waals surface area contributed by atoms with Gasteiger partial charge in [-0.3, -0.25) is 4.90 Å². The lowest BCUT2D eigenvalue weighted by atomic mass is 9.96. The number of aromatic nitrogens is 2. The van der Waals surface area contributed by atoms with Crippen molar-refractivity contribution < 1.29 is 19.3 Å². The Balaban J connectivity index is 1.32. The van der Waals surface area contributed by atoms with E-state index in [4.69, 9.17) is 14.2 Å². The zero-order valence-corrected chi connectivity index (χ0v) is 21.1. The summed E-state index contributed by atoms with van der Waals surface area (Å²) in [5.41, 5.74) is 2.67. The number of ether oxygens (including phenoxy) is 3. The van der Waals surface area contributed by atoms with Crippen LogP contribution in [0.4, 0.5) is 0 Å². The van der Waals surface area contributed by atoms with Crippen LogP contribution in [-0.2, 0) is 13.1 Å². The molecule has 0 spiro atoms. The molecule has 0 saturated carbocycles. The molecule has 1 aromatic heterocycles. The monoisotopic (exact) mass is 479 g/mol. The third-order valence-corrected chi connectivity index (χ3v) is 6.64. The molecule has 4 rings (SSSR count). The van der Waals surface area contributed by atoms with Gasteiger partial charge in [0.05, 0.1) is 25.6 Å². The van der Waals surface area contributed by atoms with E-state index in [1.54, 1.807) is 19.6 Å². The Bertz CT molecular complexity index is 1090. The summed E-state index contributed by atoms with van der Waals surface area (Å²) in [5.74, 6) is 2.33. The Hall–Kier alpha value is -3.03. The van der Waals surface area contributed by atoms with Gasteiger partial charge in [-0.2, -0.15) is 0 Å². The summed E-state index contributed by atoms with van der Waals surface area (Å²) in [6, 6.07) is 12.3. The van der Waals surface area contributed by atoms with Gasteiger partial charge in [0.25, 0.3) is 0 Å². The summed E-state index contributed by atoms with van der Waals surface area (Å²) >= 11 is 0. The maximum absolute atomic E-state index is 11.2. The fourth-order valence-corrected chi connectivity index (χ4v) is 4.58. The van der Waals surface area contributed by atoms with E-state index in [2.05, 4.69) is 35.0 Å². The van der Waals surface area contributed by atoms with Crippen molar-refractivity contribution in [3.63, 3.8) is 0 Å². The number of hydrogen-bond acceptors (Lipinski definition) is 6. The highest BCUT2D eigenvalue weighted by Gasteiger charge is 2.31. The third-order valence-electron chi connectivity index (χ3n) is 6.64. The van der Waals surface area contributed by atoms with Crippen molar-refractivity contribution in [1.82, 2.24) is 14.5 Å². The maximum atomic E-state index is 11.2. The first-order chi connectivity index (χ1) is 16.9. The van der Waals surface area contributed by atoms with Gasteiger partial charge in [0, 0.05) is 25.5 Å². The van der Waals surface area contributed by atoms with Crippen molar-refractivity contribution in [2.75, 3.05) is 33.4 Å². The van der Waals surface area contributed by atoms with Gasteiger partial charge in [-0.25, -0.2) is 4.98 Å². The number of methoxy groups -OCH3 is 1. The topological polar surface area (TPSA) is 69.0 Å². The van der Waals surface area contributed by atoms with Crippen molar-refractivity contribution in [2.45, 2.75) is 51.8 Å². The van der Waals surface area contributed by atoms with Gasteiger partial charge in [-0.1, -0.05) is 23.8 Å². The Kier molecular flexibility index (Phi) is 8.31. The van der Waals surface area contributed by atoms with Crippen LogP contribution >= 0.6 is 0 Å². The second kappa shape index (κ2) is 11.6. The molecule has 3 aromatic rings. The van der Waals surface area contributed by atoms with E-state index in [1.165, 1.54) is 11.1 Å². The minimum absolute atomic E-state index is 0.322. The molecule has 7 nitrogen and oxygen atoms in total. The Morgan fingerprint density at radius 3 is 2.63 bits per heavy atom. The quantitative estimate of drug-likeness (QED) is 0.465. The summed E-state index contributed by atoms with van der Waals surface area (Å²) in [4.78, 5) is 6.46. The number of likely N-dealkylation sites (tertiary alicyclic amines) is 1. The summed E-state index contributed by atoms with van der Waals surface area (Å²) in [7, 11) is 1.66. The minimum atomic E-state index is -0.812. The van der Waals surface area contributed by atoms with Crippen LogP contribution < -0.4 is 14.2 Å². The molecule has 2 heterocycles. The lowest BCUT2D eigenvalue weighted by Crippen LogP contribution is -2.37. The Labute approximate surface area is 208 Å². The Morgan fingerprint density at radius 1 is 1.00 bits per heavy atom. The zero-order chi connectivity index (χ0) is 24.7. The summed E-state index contributed by atoms with van der Waals surface area (Å²) in [6.45, 7) is 8.26. The number of imidazole rings is 1. The molecule has 2 aromatic carbocycles. The van der Waals surface area contributed by atoms with Gasteiger partial charge in [0.2, 0.25) is 0 Å². The van der Waals surface area contributed by atoms with Crippen LogP contribution in [0.3, 0.4) is 0 Å². The van der Waals surface area contributed by atoms with Gasteiger partial charge in [0.15, 0.2) is 11.5 Å². The predicted molar refractivity (Wildman–Crippen MR) is 136 cm³/mol. The standard InChI is InChI=1S/C28H37N3O4/c1-22-5-7-25(23(2)17-22)35-20-28(32)9-4-12-30(13-10-28)19-24-6-8-26(33-3)27(18-24)34-16-15-31-14-11-29-21-31/h5-8,11,14,17-18,21,32H,4,9-10,12-13,15-16,19-20H2,1-3H3. The highest BCUT2D eigenvalue weighted by molar-refractivity contribution is 5.43. The lowest BCUT2D eigenvalue weighted by Gasteiger charge is -2.27. The summed E-state index contributed by atoms with van der Waals surface area (Å²) in [5, 5.41) is 11.2. The molecule has 1 aliphatic heterocycles. The number of aliphatic hydroxyl groups is 1. The van der Waals surface area contributed by atoms with Crippen molar-refractivity contribution in [3.8, 4) is 17.2 Å². The molecule has 1 saturated heterocycles. The largest absolute Gasteiger partial charge is 0.493 e. The first-order valence-electron chi connectivity index (χ1n) is 12.3. The number of benzene rings is 2. The molecule has 0 aliphatic carbocycles. The second-order valence-electron chi connectivity index (χ2n) is 9.55. The highest BCUT2D eigenvalue weighted by atomic mass is 16.5. The van der Waals surface area contributed by atoms with E-state index < -0.39 is 5.60 Å². The van der Waals surface area contributed by atoms with Gasteiger partial charge < -0.3 is 23.9 Å². The normalized spacial score (nSPS) is 18.7. The first kappa shape index (κ1) is 25.1. The van der Waals surface area contributed by atoms with Gasteiger partial charge >= 0.3 is 0 Å². The molecule has 0 radical (unpaired) electrons. The van der Waals surface area contributed by atoms with Crippen molar-refractivity contribution in [2.24, 2.45) is 0 Å². The van der Waals surface area contributed by atoms with Crippen LogP contribution in [0.2, 0.25) is 0 Å². The lowest BCUT2D eigenvalue weighted by molar-refractivity contribution is -0.0170. The smallest absolute Gasteiger partial charge is 0.161 e. The van der Waals surface area contributed by atoms with Gasteiger partial charge in [-0.05, 0) is 69.0 Å². The van der Waals surface area contributed by atoms with Gasteiger partial charge in [-0.15, -0.1) is 0 Å². The Morgan fingerprint density at radius 2 is 1.86 bits per heavy atom. The van der Waals surface area contributed by atoms with E-state index in [0.717, 1.165) is 61.8 Å². The summed E-state index contributed by atoms with van der Waals surface area (Å²) in [6.07, 6.45) is 7.81. The average Bonchev–Trinajstić information content (AvgIpc) is 3.29. The van der Waals surface area contributed by atoms with E-state index in [9.17, 15) is 5.11 Å². The predicted octanol–water partition coefficient (Wildman–Crippen LogP) is 4.38. The molecule has 0 bridgehead atoms. The van der Waals surface area contributed by atoms with Crippen molar-refractivity contribution in [1.29, 1.82) is 0 Å². The molecule has 188 valence electrons. The number of rotatable bonds is 10. The van der Waals surface area contributed by atoms with Crippen LogP contribution in [-0.4, -0.2) is 58.6 Å². The van der Waals surface area contributed by atoms with E-state index in [-0.39, 0.29) is 0 Å². The molecule has 1 N–H and O–H groups in total. The molecule has 0 amide bonds. The van der Waals surface area contributed by atoms with Crippen LogP contribution in [0.5, 0.6) is 17.2 Å². The zero-order valence-electron chi connectivity index (χ0n) is 21.1. The molecule has 35 heavy (non-hydrogen) atoms. The highest BCUT2D eigenvalue weighted by Crippen LogP contribution is 2.30. The number of nitrogens with zero attached hydrogens (tertiary/aromatic N) is 3. The molecule has 1 atom stereocenters. The average molecular weight is 480 g/mol. The molecular weight excluding hydrogens is 442 g/mol. The molecule has 7 heteroatoms. The SMILES string of the molecule is COc1ccc(CN2CCCC(O)(COc3ccc(C)cc3C)CC2)cc1OCCn1ccnc1. The van der Waals surface area contributed by atoms with Gasteiger partial charge in [0.1, 0.15) is 19.0 Å². The molecular formula is C28H37N3O4. The van der Waals surface area contributed by atoms with E-state index in [1.807, 2.05) is 35.9 Å². The number of hydrogen-bond donors (Lipinski definition) is 1. The van der Waals surface area contributed by atoms with Crippen LogP contribution in [0.25, 0.3) is 0 Å². The second-order valence-corrected chi connectivity index (χ2v) is 9.55. The first-order valence-corrected chi connectivity index (χ1v) is 12.3. The van der Waals surface area contributed by atoms with E-state index >= 15 is 0 Å². The van der Waals surface area contributed by atoms with Crippen LogP contribution in [0.1, 0.15) is 36.0 Å². The van der Waals surface area contributed by atoms with Crippen molar-refractivity contribution >= 4 is 0 Å². The summed E-state index contributed by atoms with van der Waals surface area (Å²) < 4.78 is 19.6. The third kappa shape index (κ3) is 6.99. The minimum Gasteiger partial charge on any atom is -0.493 e. The molecule has 1 fully saturated rings. The molecule has 1 aliphatic rings.